The molecule has 104 valence electrons. The van der Waals surface area contributed by atoms with Crippen LogP contribution in [-0.4, -0.2) is 18.5 Å². The van der Waals surface area contributed by atoms with Crippen molar-refractivity contribution in [3.63, 3.8) is 0 Å². The van der Waals surface area contributed by atoms with Gasteiger partial charge in [-0.05, 0) is 44.2 Å². The van der Waals surface area contributed by atoms with Crippen LogP contribution in [0, 0.1) is 0 Å². The number of amides is 1. The predicted octanol–water partition coefficient (Wildman–Crippen LogP) is 3.59. The van der Waals surface area contributed by atoms with Crippen LogP contribution >= 0.6 is 11.6 Å². The fourth-order valence-electron chi connectivity index (χ4n) is 2.79. The number of halogens is 1. The molecular formula is C15H21ClN2O. The summed E-state index contributed by atoms with van der Waals surface area (Å²) in [5.41, 5.74) is 0.783. The lowest BCUT2D eigenvalue weighted by Crippen LogP contribution is -2.47. The van der Waals surface area contributed by atoms with Crippen LogP contribution in [0.1, 0.15) is 38.5 Å². The molecule has 2 rings (SSSR count). The largest absolute Gasteiger partial charge is 0.326 e. The Hall–Kier alpha value is -1.06. The van der Waals surface area contributed by atoms with Crippen molar-refractivity contribution in [2.75, 3.05) is 12.4 Å². The summed E-state index contributed by atoms with van der Waals surface area (Å²) in [6.45, 7) is 0. The first-order chi connectivity index (χ1) is 9.13. The van der Waals surface area contributed by atoms with Crippen LogP contribution in [0.25, 0.3) is 0 Å². The highest BCUT2D eigenvalue weighted by Crippen LogP contribution is 2.31. The predicted molar refractivity (Wildman–Crippen MR) is 79.6 cm³/mol. The molecule has 1 amide bonds. The van der Waals surface area contributed by atoms with Crippen molar-refractivity contribution in [1.29, 1.82) is 0 Å². The topological polar surface area (TPSA) is 41.1 Å². The van der Waals surface area contributed by atoms with E-state index in [2.05, 4.69) is 10.6 Å². The molecule has 1 fully saturated rings. The molecule has 0 heterocycles. The second-order valence-electron chi connectivity index (χ2n) is 5.32. The maximum absolute atomic E-state index is 12.1. The van der Waals surface area contributed by atoms with Crippen molar-refractivity contribution in [2.24, 2.45) is 0 Å². The zero-order valence-electron chi connectivity index (χ0n) is 11.3. The first kappa shape index (κ1) is 14.4. The number of anilines is 1. The van der Waals surface area contributed by atoms with Crippen LogP contribution in [0.15, 0.2) is 24.3 Å². The molecule has 0 saturated heterocycles. The van der Waals surface area contributed by atoms with Crippen molar-refractivity contribution in [3.8, 4) is 0 Å². The molecule has 2 N–H and O–H groups in total. The van der Waals surface area contributed by atoms with Crippen molar-refractivity contribution in [1.82, 2.24) is 5.32 Å². The van der Waals surface area contributed by atoms with Gasteiger partial charge in [0, 0.05) is 22.7 Å². The molecule has 0 unspecified atom stereocenters. The third-order valence-electron chi connectivity index (χ3n) is 3.97. The van der Waals surface area contributed by atoms with Crippen molar-refractivity contribution in [3.05, 3.63) is 29.3 Å². The van der Waals surface area contributed by atoms with Crippen LogP contribution in [0.3, 0.4) is 0 Å². The summed E-state index contributed by atoms with van der Waals surface area (Å²) in [5, 5.41) is 6.98. The van der Waals surface area contributed by atoms with Gasteiger partial charge >= 0.3 is 0 Å². The zero-order valence-corrected chi connectivity index (χ0v) is 12.1. The molecule has 1 aromatic carbocycles. The number of benzene rings is 1. The second kappa shape index (κ2) is 6.40. The van der Waals surface area contributed by atoms with E-state index in [0.717, 1.165) is 18.5 Å². The third-order valence-corrected chi connectivity index (χ3v) is 4.22. The summed E-state index contributed by atoms with van der Waals surface area (Å²) < 4.78 is 0. The van der Waals surface area contributed by atoms with E-state index in [1.807, 2.05) is 19.2 Å². The van der Waals surface area contributed by atoms with Gasteiger partial charge in [0.05, 0.1) is 0 Å². The van der Waals surface area contributed by atoms with Crippen molar-refractivity contribution < 1.29 is 4.79 Å². The molecule has 0 atom stereocenters. The number of carbonyl (C=O) groups excluding carboxylic acids is 1. The highest BCUT2D eigenvalue weighted by molar-refractivity contribution is 6.30. The summed E-state index contributed by atoms with van der Waals surface area (Å²) >= 11 is 5.83. The standard InChI is InChI=1S/C15H21ClN2O/c1-17-15(9-3-2-4-10-15)11-14(19)18-13-7-5-12(16)6-8-13/h5-8,17H,2-4,9-11H2,1H3,(H,18,19). The lowest BCUT2D eigenvalue weighted by molar-refractivity contribution is -0.117. The average Bonchev–Trinajstić information content (AvgIpc) is 2.42. The molecule has 0 aromatic heterocycles. The van der Waals surface area contributed by atoms with E-state index in [0.29, 0.717) is 11.4 Å². The lowest BCUT2D eigenvalue weighted by Gasteiger charge is -2.36. The Labute approximate surface area is 119 Å². The Balaban J connectivity index is 1.94. The van der Waals surface area contributed by atoms with Crippen molar-refractivity contribution in [2.45, 2.75) is 44.1 Å². The fraction of sp³-hybridized carbons (Fsp3) is 0.533. The molecule has 1 saturated carbocycles. The van der Waals surface area contributed by atoms with E-state index in [-0.39, 0.29) is 11.4 Å². The Morgan fingerprint density at radius 1 is 1.21 bits per heavy atom. The summed E-state index contributed by atoms with van der Waals surface area (Å²) in [6.07, 6.45) is 6.38. The molecule has 0 spiro atoms. The van der Waals surface area contributed by atoms with Gasteiger partial charge in [-0.15, -0.1) is 0 Å². The normalized spacial score (nSPS) is 18.0. The lowest BCUT2D eigenvalue weighted by atomic mass is 9.79. The van der Waals surface area contributed by atoms with Gasteiger partial charge in [0.2, 0.25) is 5.91 Å². The van der Waals surface area contributed by atoms with Crippen LogP contribution in [0.5, 0.6) is 0 Å². The second-order valence-corrected chi connectivity index (χ2v) is 5.76. The quantitative estimate of drug-likeness (QED) is 0.885. The number of hydrogen-bond donors (Lipinski definition) is 2. The van der Waals surface area contributed by atoms with E-state index in [9.17, 15) is 4.79 Å². The maximum atomic E-state index is 12.1. The summed E-state index contributed by atoms with van der Waals surface area (Å²) in [6, 6.07) is 7.22. The van der Waals surface area contributed by atoms with Gasteiger partial charge in [-0.25, -0.2) is 0 Å². The molecule has 1 aromatic rings. The Morgan fingerprint density at radius 2 is 1.84 bits per heavy atom. The van der Waals surface area contributed by atoms with Gasteiger partial charge in [-0.1, -0.05) is 30.9 Å². The van der Waals surface area contributed by atoms with Crippen LogP contribution in [0.2, 0.25) is 5.02 Å². The number of hydrogen-bond acceptors (Lipinski definition) is 2. The monoisotopic (exact) mass is 280 g/mol. The Kier molecular flexibility index (Phi) is 4.83. The fourth-order valence-corrected chi connectivity index (χ4v) is 2.92. The first-order valence-electron chi connectivity index (χ1n) is 6.88. The van der Waals surface area contributed by atoms with Crippen molar-refractivity contribution >= 4 is 23.2 Å². The molecular weight excluding hydrogens is 260 g/mol. The Morgan fingerprint density at radius 3 is 2.42 bits per heavy atom. The van der Waals surface area contributed by atoms with Gasteiger partial charge in [0.25, 0.3) is 0 Å². The highest BCUT2D eigenvalue weighted by Gasteiger charge is 2.32. The minimum Gasteiger partial charge on any atom is -0.326 e. The number of rotatable bonds is 4. The SMILES string of the molecule is CNC1(CC(=O)Nc2ccc(Cl)cc2)CCCCC1. The molecule has 0 aliphatic heterocycles. The molecule has 4 heteroatoms. The van der Waals surface area contributed by atoms with Gasteiger partial charge < -0.3 is 10.6 Å². The average molecular weight is 281 g/mol. The maximum Gasteiger partial charge on any atom is 0.226 e. The minimum atomic E-state index is -0.0191. The van der Waals surface area contributed by atoms with E-state index in [4.69, 9.17) is 11.6 Å². The van der Waals surface area contributed by atoms with Crippen LogP contribution in [-0.2, 0) is 4.79 Å². The van der Waals surface area contributed by atoms with E-state index >= 15 is 0 Å². The van der Waals surface area contributed by atoms with Gasteiger partial charge in [0.1, 0.15) is 0 Å². The molecule has 19 heavy (non-hydrogen) atoms. The van der Waals surface area contributed by atoms with Crippen LogP contribution in [0.4, 0.5) is 5.69 Å². The van der Waals surface area contributed by atoms with E-state index < -0.39 is 0 Å². The molecule has 1 aliphatic carbocycles. The van der Waals surface area contributed by atoms with Gasteiger partial charge in [0.15, 0.2) is 0 Å². The van der Waals surface area contributed by atoms with Gasteiger partial charge in [-0.2, -0.15) is 0 Å². The summed E-state index contributed by atoms with van der Waals surface area (Å²) in [7, 11) is 1.96. The van der Waals surface area contributed by atoms with Gasteiger partial charge in [-0.3, -0.25) is 4.79 Å². The summed E-state index contributed by atoms with van der Waals surface area (Å²) in [5.74, 6) is 0.0681. The number of carbonyl (C=O) groups is 1. The smallest absolute Gasteiger partial charge is 0.226 e. The highest BCUT2D eigenvalue weighted by atomic mass is 35.5. The van der Waals surface area contributed by atoms with E-state index in [1.54, 1.807) is 12.1 Å². The Bertz CT molecular complexity index is 424. The van der Waals surface area contributed by atoms with Crippen LogP contribution < -0.4 is 10.6 Å². The molecule has 3 nitrogen and oxygen atoms in total. The number of nitrogens with one attached hydrogen (secondary N) is 2. The summed E-state index contributed by atoms with van der Waals surface area (Å²) in [4.78, 5) is 12.1. The molecule has 0 radical (unpaired) electrons. The van der Waals surface area contributed by atoms with E-state index in [1.165, 1.54) is 19.3 Å². The first-order valence-corrected chi connectivity index (χ1v) is 7.26. The minimum absolute atomic E-state index is 0.0191. The third kappa shape index (κ3) is 3.95. The zero-order chi connectivity index (χ0) is 13.7. The molecule has 0 bridgehead atoms. The molecule has 1 aliphatic rings.